The van der Waals surface area contributed by atoms with Crippen LogP contribution in [0.5, 0.6) is 0 Å². The molecule has 8 rings (SSSR count). The van der Waals surface area contributed by atoms with E-state index in [1.807, 2.05) is 24.3 Å². The van der Waals surface area contributed by atoms with Crippen LogP contribution < -0.4 is 5.32 Å². The average molecular weight is 933 g/mol. The SMILES string of the molecule is C=C[C@H]1[C@H](O[C@@H]2O[C@H](CO)[C@@H](O)[C@H](O)[C@H]2O)OC=C(C(=O)O[C@H]2C[C@H]3C(C(=O)OC)=CO[C@@H](O[C@H]4O[C@@H](CO)[C@H](O)[C@@H](O)[C@@H]4O)[C@H]3[C@H]2C)[C@H]1C[C@H]1N[C@H](C(=O)O)Cc2c1[nH]c1ccccc21. The second-order valence-electron chi connectivity index (χ2n) is 17.6. The summed E-state index contributed by atoms with van der Waals surface area (Å²) in [6.07, 6.45) is -15.9. The molecule has 1 aliphatic carbocycles. The van der Waals surface area contributed by atoms with Gasteiger partial charge < -0.3 is 88.8 Å². The van der Waals surface area contributed by atoms with Crippen molar-refractivity contribution >= 4 is 28.8 Å². The first kappa shape index (κ1) is 47.9. The summed E-state index contributed by atoms with van der Waals surface area (Å²) in [5, 5.41) is 97.2. The monoisotopic (exact) mass is 932 g/mol. The molecule has 0 amide bonds. The second kappa shape index (κ2) is 19.6. The van der Waals surface area contributed by atoms with E-state index in [-0.39, 0.29) is 30.4 Å². The highest BCUT2D eigenvalue weighted by Gasteiger charge is 2.56. The van der Waals surface area contributed by atoms with Gasteiger partial charge in [0.1, 0.15) is 61.0 Å². The van der Waals surface area contributed by atoms with Gasteiger partial charge >= 0.3 is 17.9 Å². The van der Waals surface area contributed by atoms with E-state index in [9.17, 15) is 60.3 Å². The summed E-state index contributed by atoms with van der Waals surface area (Å²) >= 11 is 0. The molecule has 20 atom stereocenters. The van der Waals surface area contributed by atoms with Crippen LogP contribution in [0.1, 0.15) is 37.1 Å². The first-order valence-corrected chi connectivity index (χ1v) is 21.7. The van der Waals surface area contributed by atoms with E-state index >= 15 is 0 Å². The Hall–Kier alpha value is -4.53. The molecule has 22 nitrogen and oxygen atoms in total. The van der Waals surface area contributed by atoms with Crippen LogP contribution in [0.2, 0.25) is 0 Å². The standard InChI is InChI=1S/C44H56N2O20/c1-4-17-19(9-25-31-21(10-26(45-25)38(55)56)18-7-5-6-8-24(18)46-31)22(14-60-41(17)65-43-36(53)34(51)32(49)28(12-47)63-43)40(58)62-27-11-20-23(39(57)59-3)15-61-42(30(20)16(27)2)66-44-37(54)35(52)33(50)29(13-48)64-44/h4-8,14-17,19-20,25-30,32-37,41-54H,1,9-13H2,2-3H3,(H,55,56)/t16-,17+,19-,20-,25+,26-,27-,28+,29-,30-,32+,33-,34-,35+,36+,37-,41-,42-,43-,44+/m0/s1. The maximum absolute atomic E-state index is 14.7. The molecule has 1 aromatic heterocycles. The Balaban J connectivity index is 1.10. The molecule has 0 spiro atoms. The summed E-state index contributed by atoms with van der Waals surface area (Å²) < 4.78 is 46.5. The second-order valence-corrected chi connectivity index (χ2v) is 17.6. The Morgan fingerprint density at radius 3 is 2.03 bits per heavy atom. The molecular weight excluding hydrogens is 876 g/mol. The van der Waals surface area contributed by atoms with Crippen molar-refractivity contribution in [1.29, 1.82) is 0 Å². The van der Waals surface area contributed by atoms with Crippen LogP contribution in [0.3, 0.4) is 0 Å². The number of H-pyrrole nitrogens is 1. The van der Waals surface area contributed by atoms with Crippen LogP contribution in [-0.4, -0.2) is 175 Å². The van der Waals surface area contributed by atoms with E-state index in [4.69, 9.17) is 37.9 Å². The summed E-state index contributed by atoms with van der Waals surface area (Å²) in [6.45, 7) is 4.29. The molecule has 22 heteroatoms. The van der Waals surface area contributed by atoms with Crippen molar-refractivity contribution in [2.45, 2.75) is 118 Å². The number of fused-ring (bicyclic) bond motifs is 4. The van der Waals surface area contributed by atoms with Gasteiger partial charge in [0.05, 0.1) is 44.0 Å². The summed E-state index contributed by atoms with van der Waals surface area (Å²) in [4.78, 5) is 43.8. The number of aliphatic carboxylic acids is 1. The number of para-hydroxylation sites is 1. The van der Waals surface area contributed by atoms with Crippen LogP contribution in [0.15, 0.2) is 60.6 Å². The fourth-order valence-corrected chi connectivity index (χ4v) is 10.3. The number of aliphatic hydroxyl groups is 8. The Labute approximate surface area is 376 Å². The number of aromatic amines is 1. The van der Waals surface area contributed by atoms with E-state index in [0.717, 1.165) is 29.0 Å². The molecule has 1 saturated carbocycles. The largest absolute Gasteiger partial charge is 0.480 e. The molecule has 2 aromatic rings. The summed E-state index contributed by atoms with van der Waals surface area (Å²) in [6, 6.07) is 5.67. The number of carbonyl (C=O) groups is 3. The molecule has 0 unspecified atom stereocenters. The first-order valence-electron chi connectivity index (χ1n) is 21.7. The topological polar surface area (TPSA) is 335 Å². The molecular formula is C44H56N2O20. The Bertz CT molecular complexity index is 2180. The maximum atomic E-state index is 14.7. The predicted octanol–water partition coefficient (Wildman–Crippen LogP) is -1.91. The quantitative estimate of drug-likeness (QED) is 0.0771. The number of carboxylic acid groups (broad SMARTS) is 1. The molecule has 6 heterocycles. The van der Waals surface area contributed by atoms with E-state index in [0.29, 0.717) is 5.69 Å². The molecule has 362 valence electrons. The minimum atomic E-state index is -1.80. The van der Waals surface area contributed by atoms with Gasteiger partial charge in [-0.15, -0.1) is 6.58 Å². The molecule has 11 N–H and O–H groups in total. The lowest BCUT2D eigenvalue weighted by Crippen LogP contribution is -2.60. The van der Waals surface area contributed by atoms with Crippen LogP contribution in [0.4, 0.5) is 0 Å². The lowest BCUT2D eigenvalue weighted by molar-refractivity contribution is -0.342. The smallest absolute Gasteiger partial charge is 0.337 e. The number of esters is 2. The molecule has 6 aliphatic rings. The van der Waals surface area contributed by atoms with Gasteiger partial charge in [0.25, 0.3) is 0 Å². The highest BCUT2D eigenvalue weighted by Crippen LogP contribution is 2.50. The summed E-state index contributed by atoms with van der Waals surface area (Å²) in [7, 11) is 1.18. The first-order chi connectivity index (χ1) is 31.6. The number of aliphatic hydroxyl groups excluding tert-OH is 8. The highest BCUT2D eigenvalue weighted by molar-refractivity contribution is 5.90. The number of carbonyl (C=O) groups excluding carboxylic acids is 2. The van der Waals surface area contributed by atoms with Gasteiger partial charge in [-0.25, -0.2) is 9.59 Å². The molecule has 3 fully saturated rings. The average Bonchev–Trinajstić information content (AvgIpc) is 3.86. The van der Waals surface area contributed by atoms with Gasteiger partial charge in [-0.3, -0.25) is 10.1 Å². The van der Waals surface area contributed by atoms with Gasteiger partial charge in [-0.1, -0.05) is 31.2 Å². The van der Waals surface area contributed by atoms with Gasteiger partial charge in [-0.2, -0.15) is 0 Å². The summed E-state index contributed by atoms with van der Waals surface area (Å²) in [5.41, 5.74) is 2.29. The van der Waals surface area contributed by atoms with Crippen molar-refractivity contribution in [3.63, 3.8) is 0 Å². The number of ether oxygens (including phenoxy) is 8. The zero-order chi connectivity index (χ0) is 47.3. The van der Waals surface area contributed by atoms with Crippen molar-refractivity contribution in [2.75, 3.05) is 20.3 Å². The Morgan fingerprint density at radius 2 is 1.42 bits per heavy atom. The fourth-order valence-electron chi connectivity index (χ4n) is 10.3. The summed E-state index contributed by atoms with van der Waals surface area (Å²) in [5.74, 6) is -6.71. The van der Waals surface area contributed by atoms with Gasteiger partial charge in [-0.05, 0) is 24.5 Å². The minimum Gasteiger partial charge on any atom is -0.480 e. The molecule has 1 aromatic carbocycles. The van der Waals surface area contributed by atoms with Crippen LogP contribution >= 0.6 is 0 Å². The predicted molar refractivity (Wildman–Crippen MR) is 219 cm³/mol. The third kappa shape index (κ3) is 8.75. The number of nitrogens with one attached hydrogen (secondary N) is 2. The highest BCUT2D eigenvalue weighted by atomic mass is 16.8. The number of carboxylic acids is 1. The number of hydrogen-bond donors (Lipinski definition) is 11. The molecule has 66 heavy (non-hydrogen) atoms. The van der Waals surface area contributed by atoms with Gasteiger partial charge in [0.2, 0.25) is 12.6 Å². The van der Waals surface area contributed by atoms with Crippen molar-refractivity contribution in [3.8, 4) is 0 Å². The normalized spacial score (nSPS) is 41.0. The third-order valence-electron chi connectivity index (χ3n) is 13.9. The van der Waals surface area contributed by atoms with Crippen molar-refractivity contribution in [3.05, 3.63) is 71.8 Å². The van der Waals surface area contributed by atoms with Crippen molar-refractivity contribution in [2.24, 2.45) is 29.6 Å². The van der Waals surface area contributed by atoms with Gasteiger partial charge in [0.15, 0.2) is 12.6 Å². The van der Waals surface area contributed by atoms with Crippen LogP contribution in [0.25, 0.3) is 10.9 Å². The van der Waals surface area contributed by atoms with E-state index in [2.05, 4.69) is 16.9 Å². The van der Waals surface area contributed by atoms with E-state index in [1.54, 1.807) is 6.92 Å². The van der Waals surface area contributed by atoms with E-state index in [1.165, 1.54) is 13.2 Å². The lowest BCUT2D eigenvalue weighted by Gasteiger charge is -2.43. The zero-order valence-electron chi connectivity index (χ0n) is 35.8. The number of methoxy groups -OCH3 is 1. The fraction of sp³-hybridized carbons (Fsp3) is 0.614. The number of rotatable bonds is 13. The Morgan fingerprint density at radius 1 is 0.818 bits per heavy atom. The Kier molecular flexibility index (Phi) is 14.2. The zero-order valence-corrected chi connectivity index (χ0v) is 35.8. The molecule has 0 bridgehead atoms. The lowest BCUT2D eigenvalue weighted by atomic mass is 9.77. The van der Waals surface area contributed by atoms with Crippen LogP contribution in [-0.2, 0) is 58.7 Å². The molecule has 0 radical (unpaired) electrons. The molecule has 5 aliphatic heterocycles. The minimum absolute atomic E-state index is 0.0165. The van der Waals surface area contributed by atoms with Crippen molar-refractivity contribution in [1.82, 2.24) is 10.3 Å². The number of benzene rings is 1. The van der Waals surface area contributed by atoms with Crippen LogP contribution in [0, 0.1) is 29.6 Å². The number of hydrogen-bond acceptors (Lipinski definition) is 20. The maximum Gasteiger partial charge on any atom is 0.337 e. The van der Waals surface area contributed by atoms with Gasteiger partial charge in [0, 0.05) is 58.6 Å². The van der Waals surface area contributed by atoms with Crippen molar-refractivity contribution < 1.29 is 98.2 Å². The third-order valence-corrected chi connectivity index (χ3v) is 13.9. The van der Waals surface area contributed by atoms with E-state index < -0.39 is 153 Å². The molecule has 2 saturated heterocycles. The number of aromatic nitrogens is 1.